The maximum atomic E-state index is 5.49. The van der Waals surface area contributed by atoms with Gasteiger partial charge in [-0.05, 0) is 39.0 Å². The van der Waals surface area contributed by atoms with Gasteiger partial charge in [-0.2, -0.15) is 0 Å². The Kier molecular flexibility index (Phi) is 18.9. The Morgan fingerprint density at radius 1 is 0.667 bits per heavy atom. The largest absolute Gasteiger partial charge is 0.330 e. The van der Waals surface area contributed by atoms with Gasteiger partial charge >= 0.3 is 0 Å². The molecule has 1 aliphatic heterocycles. The van der Waals surface area contributed by atoms with Gasteiger partial charge < -0.3 is 21.3 Å². The highest BCUT2D eigenvalue weighted by molar-refractivity contribution is 4.71. The molecule has 4 N–H and O–H groups in total. The van der Waals surface area contributed by atoms with Crippen LogP contribution in [0.5, 0.6) is 0 Å². The lowest BCUT2D eigenvalue weighted by molar-refractivity contribution is 0.131. The second-order valence-electron chi connectivity index (χ2n) is 3.97. The standard InChI is InChI=1S/C10H24N4.2C2H6/c11-3-1-5-13-7-9-14(10-8-13)6-2-4-12;2*1-2/h1-12H2;2*1-2H3. The maximum absolute atomic E-state index is 5.49. The first-order valence-electron chi connectivity index (χ1n) is 7.71. The molecule has 4 nitrogen and oxygen atoms in total. The molecule has 0 atom stereocenters. The number of nitrogens with zero attached hydrogens (tertiary/aromatic N) is 2. The fourth-order valence-corrected chi connectivity index (χ4v) is 1.87. The van der Waals surface area contributed by atoms with Crippen LogP contribution in [0.1, 0.15) is 40.5 Å². The first-order chi connectivity index (χ1) is 8.86. The molecular formula is C14H36N4. The van der Waals surface area contributed by atoms with E-state index in [4.69, 9.17) is 11.5 Å². The SMILES string of the molecule is CC.CC.NCCCN1CCN(CCCN)CC1. The zero-order chi connectivity index (χ0) is 14.2. The molecule has 0 aliphatic carbocycles. The number of hydrogen-bond donors (Lipinski definition) is 2. The summed E-state index contributed by atoms with van der Waals surface area (Å²) < 4.78 is 0. The lowest BCUT2D eigenvalue weighted by Crippen LogP contribution is -2.47. The van der Waals surface area contributed by atoms with Crippen molar-refractivity contribution in [1.29, 1.82) is 0 Å². The lowest BCUT2D eigenvalue weighted by atomic mass is 10.2. The minimum atomic E-state index is 0.813. The summed E-state index contributed by atoms with van der Waals surface area (Å²) in [6.07, 6.45) is 2.26. The quantitative estimate of drug-likeness (QED) is 0.757. The van der Waals surface area contributed by atoms with Crippen molar-refractivity contribution in [3.63, 3.8) is 0 Å². The second-order valence-corrected chi connectivity index (χ2v) is 3.97. The molecule has 0 bridgehead atoms. The molecule has 1 saturated heterocycles. The van der Waals surface area contributed by atoms with Crippen LogP contribution in [-0.4, -0.2) is 62.2 Å². The van der Waals surface area contributed by atoms with Crippen LogP contribution in [0.25, 0.3) is 0 Å². The zero-order valence-electron chi connectivity index (χ0n) is 13.1. The summed E-state index contributed by atoms with van der Waals surface area (Å²) in [5.41, 5.74) is 11.0. The topological polar surface area (TPSA) is 58.5 Å². The molecule has 112 valence electrons. The molecule has 0 unspecified atom stereocenters. The molecule has 0 spiro atoms. The Bertz CT molecular complexity index is 118. The average molecular weight is 260 g/mol. The Labute approximate surface area is 115 Å². The smallest absolute Gasteiger partial charge is 0.0110 e. The van der Waals surface area contributed by atoms with E-state index in [-0.39, 0.29) is 0 Å². The Morgan fingerprint density at radius 3 is 1.17 bits per heavy atom. The van der Waals surface area contributed by atoms with Gasteiger partial charge in [-0.25, -0.2) is 0 Å². The molecule has 1 heterocycles. The van der Waals surface area contributed by atoms with Gasteiger partial charge in [0.25, 0.3) is 0 Å². The molecule has 0 amide bonds. The maximum Gasteiger partial charge on any atom is 0.0110 e. The van der Waals surface area contributed by atoms with Gasteiger partial charge in [0.2, 0.25) is 0 Å². The Morgan fingerprint density at radius 2 is 0.944 bits per heavy atom. The van der Waals surface area contributed by atoms with Crippen LogP contribution >= 0.6 is 0 Å². The van der Waals surface area contributed by atoms with Crippen LogP contribution in [0.4, 0.5) is 0 Å². The molecule has 0 radical (unpaired) electrons. The summed E-state index contributed by atoms with van der Waals surface area (Å²) in [6.45, 7) is 16.8. The van der Waals surface area contributed by atoms with E-state index >= 15 is 0 Å². The van der Waals surface area contributed by atoms with Gasteiger partial charge in [-0.1, -0.05) is 27.7 Å². The number of rotatable bonds is 6. The summed E-state index contributed by atoms with van der Waals surface area (Å²) in [5.74, 6) is 0. The normalized spacial score (nSPS) is 16.3. The number of hydrogen-bond acceptors (Lipinski definition) is 4. The number of piperazine rings is 1. The zero-order valence-corrected chi connectivity index (χ0v) is 13.1. The van der Waals surface area contributed by atoms with Gasteiger partial charge in [0.15, 0.2) is 0 Å². The van der Waals surface area contributed by atoms with E-state index in [2.05, 4.69) is 9.80 Å². The van der Waals surface area contributed by atoms with E-state index in [9.17, 15) is 0 Å². The third-order valence-corrected chi connectivity index (χ3v) is 2.82. The van der Waals surface area contributed by atoms with Crippen LogP contribution in [0.15, 0.2) is 0 Å². The van der Waals surface area contributed by atoms with Crippen molar-refractivity contribution in [2.24, 2.45) is 11.5 Å². The first-order valence-corrected chi connectivity index (χ1v) is 7.71. The van der Waals surface area contributed by atoms with E-state index in [0.29, 0.717) is 0 Å². The van der Waals surface area contributed by atoms with Gasteiger partial charge in [0.1, 0.15) is 0 Å². The molecular weight excluding hydrogens is 224 g/mol. The van der Waals surface area contributed by atoms with Crippen LogP contribution < -0.4 is 11.5 Å². The summed E-state index contributed by atoms with van der Waals surface area (Å²) >= 11 is 0. The molecule has 1 rings (SSSR count). The fourth-order valence-electron chi connectivity index (χ4n) is 1.87. The van der Waals surface area contributed by atoms with Gasteiger partial charge in [-0.3, -0.25) is 0 Å². The molecule has 1 fully saturated rings. The molecule has 0 aromatic heterocycles. The minimum absolute atomic E-state index is 0.813. The van der Waals surface area contributed by atoms with Crippen molar-refractivity contribution in [2.45, 2.75) is 40.5 Å². The van der Waals surface area contributed by atoms with Crippen molar-refractivity contribution in [3.05, 3.63) is 0 Å². The van der Waals surface area contributed by atoms with Crippen molar-refractivity contribution in [2.75, 3.05) is 52.4 Å². The predicted molar refractivity (Wildman–Crippen MR) is 82.9 cm³/mol. The summed E-state index contributed by atoms with van der Waals surface area (Å²) in [4.78, 5) is 5.01. The molecule has 0 aromatic rings. The monoisotopic (exact) mass is 260 g/mol. The van der Waals surface area contributed by atoms with E-state index < -0.39 is 0 Å². The molecule has 4 heteroatoms. The third-order valence-electron chi connectivity index (χ3n) is 2.82. The Balaban J connectivity index is 0. The van der Waals surface area contributed by atoms with E-state index in [1.807, 2.05) is 27.7 Å². The van der Waals surface area contributed by atoms with Crippen molar-refractivity contribution in [3.8, 4) is 0 Å². The van der Waals surface area contributed by atoms with Gasteiger partial charge in [0.05, 0.1) is 0 Å². The van der Waals surface area contributed by atoms with Gasteiger partial charge in [-0.15, -0.1) is 0 Å². The van der Waals surface area contributed by atoms with Crippen LogP contribution in [-0.2, 0) is 0 Å². The summed E-state index contributed by atoms with van der Waals surface area (Å²) in [5, 5.41) is 0. The second kappa shape index (κ2) is 16.8. The lowest BCUT2D eigenvalue weighted by Gasteiger charge is -2.34. The highest BCUT2D eigenvalue weighted by atomic mass is 15.3. The predicted octanol–water partition coefficient (Wildman–Crippen LogP) is 1.35. The molecule has 0 aromatic carbocycles. The van der Waals surface area contributed by atoms with Crippen molar-refractivity contribution in [1.82, 2.24) is 9.80 Å². The molecule has 18 heavy (non-hydrogen) atoms. The molecule has 1 aliphatic rings. The van der Waals surface area contributed by atoms with Crippen molar-refractivity contribution >= 4 is 0 Å². The van der Waals surface area contributed by atoms with Crippen LogP contribution in [0, 0.1) is 0 Å². The van der Waals surface area contributed by atoms with Crippen molar-refractivity contribution < 1.29 is 0 Å². The van der Waals surface area contributed by atoms with E-state index in [1.54, 1.807) is 0 Å². The fraction of sp³-hybridized carbons (Fsp3) is 1.00. The molecule has 0 saturated carbocycles. The highest BCUT2D eigenvalue weighted by Crippen LogP contribution is 2.02. The van der Waals surface area contributed by atoms with Crippen LogP contribution in [0.2, 0.25) is 0 Å². The number of nitrogens with two attached hydrogens (primary N) is 2. The van der Waals surface area contributed by atoms with Crippen LogP contribution in [0.3, 0.4) is 0 Å². The van der Waals surface area contributed by atoms with E-state index in [1.165, 1.54) is 39.3 Å². The first kappa shape index (κ1) is 20.2. The minimum Gasteiger partial charge on any atom is -0.330 e. The third kappa shape index (κ3) is 11.0. The summed E-state index contributed by atoms with van der Waals surface area (Å²) in [7, 11) is 0. The van der Waals surface area contributed by atoms with Gasteiger partial charge in [0, 0.05) is 26.2 Å². The van der Waals surface area contributed by atoms with E-state index in [0.717, 1.165) is 25.9 Å². The Hall–Kier alpha value is -0.160. The average Bonchev–Trinajstić information content (AvgIpc) is 2.48. The summed E-state index contributed by atoms with van der Waals surface area (Å²) in [6, 6.07) is 0. The highest BCUT2D eigenvalue weighted by Gasteiger charge is 2.15.